The maximum Gasteiger partial charge on any atom is 0.276 e. The van der Waals surface area contributed by atoms with Crippen molar-refractivity contribution in [3.63, 3.8) is 0 Å². The van der Waals surface area contributed by atoms with Crippen molar-refractivity contribution in [2.45, 2.75) is 12.8 Å². The van der Waals surface area contributed by atoms with Crippen LogP contribution in [0.1, 0.15) is 33.8 Å². The van der Waals surface area contributed by atoms with Gasteiger partial charge in [0.15, 0.2) is 11.4 Å². The second-order valence-corrected chi connectivity index (χ2v) is 6.94. The van der Waals surface area contributed by atoms with Crippen LogP contribution in [0.3, 0.4) is 0 Å². The van der Waals surface area contributed by atoms with E-state index < -0.39 is 5.91 Å². The van der Waals surface area contributed by atoms with Crippen LogP contribution < -0.4 is 10.6 Å². The van der Waals surface area contributed by atoms with Gasteiger partial charge in [0.25, 0.3) is 11.8 Å². The molecular formula is C19H22ClN5O2. The van der Waals surface area contributed by atoms with E-state index in [1.54, 1.807) is 29.2 Å². The zero-order chi connectivity index (χ0) is 19.2. The number of aromatic nitrogens is 2. The lowest BCUT2D eigenvalue weighted by molar-refractivity contribution is 0.0680. The summed E-state index contributed by atoms with van der Waals surface area (Å²) < 4.78 is 0. The van der Waals surface area contributed by atoms with Crippen LogP contribution >= 0.6 is 11.6 Å². The normalized spacial score (nSPS) is 14.8. The van der Waals surface area contributed by atoms with Crippen LogP contribution in [-0.4, -0.2) is 53.4 Å². The van der Waals surface area contributed by atoms with Gasteiger partial charge in [0.1, 0.15) is 0 Å². The molecule has 0 unspecified atom stereocenters. The van der Waals surface area contributed by atoms with Gasteiger partial charge in [-0.2, -0.15) is 0 Å². The minimum atomic E-state index is -0.473. The lowest BCUT2D eigenvalue weighted by Gasteiger charge is -2.31. The summed E-state index contributed by atoms with van der Waals surface area (Å²) in [5.41, 5.74) is 0.673. The summed E-state index contributed by atoms with van der Waals surface area (Å²) in [6.45, 7) is 2.25. The molecule has 0 aliphatic carbocycles. The number of rotatable bonds is 5. The van der Waals surface area contributed by atoms with Crippen LogP contribution in [0.15, 0.2) is 36.7 Å². The molecule has 1 fully saturated rings. The fourth-order valence-electron chi connectivity index (χ4n) is 3.16. The number of nitrogens with zero attached hydrogens (tertiary/aromatic N) is 3. The van der Waals surface area contributed by atoms with Crippen molar-refractivity contribution in [1.82, 2.24) is 20.2 Å². The van der Waals surface area contributed by atoms with Crippen molar-refractivity contribution >= 4 is 29.1 Å². The van der Waals surface area contributed by atoms with Crippen LogP contribution in [0.25, 0.3) is 0 Å². The molecule has 2 aromatic rings. The monoisotopic (exact) mass is 387 g/mol. The maximum absolute atomic E-state index is 12.9. The molecule has 27 heavy (non-hydrogen) atoms. The van der Waals surface area contributed by atoms with Gasteiger partial charge in [-0.05, 0) is 56.6 Å². The van der Waals surface area contributed by atoms with Crippen molar-refractivity contribution in [2.75, 3.05) is 32.0 Å². The zero-order valence-corrected chi connectivity index (χ0v) is 15.9. The summed E-state index contributed by atoms with van der Waals surface area (Å²) in [6, 6.07) is 6.72. The van der Waals surface area contributed by atoms with E-state index in [0.29, 0.717) is 29.7 Å². The van der Waals surface area contributed by atoms with Gasteiger partial charge in [-0.3, -0.25) is 9.59 Å². The molecule has 2 amide bonds. The van der Waals surface area contributed by atoms with Crippen LogP contribution in [0, 0.1) is 5.92 Å². The van der Waals surface area contributed by atoms with E-state index in [-0.39, 0.29) is 17.3 Å². The summed E-state index contributed by atoms with van der Waals surface area (Å²) in [5.74, 6) is -0.167. The molecule has 142 valence electrons. The van der Waals surface area contributed by atoms with E-state index >= 15 is 0 Å². The summed E-state index contributed by atoms with van der Waals surface area (Å²) in [7, 11) is 1.93. The van der Waals surface area contributed by atoms with Crippen molar-refractivity contribution in [2.24, 2.45) is 5.92 Å². The molecule has 0 atom stereocenters. The number of hydrogen-bond acceptors (Lipinski definition) is 5. The first-order valence-corrected chi connectivity index (χ1v) is 9.28. The van der Waals surface area contributed by atoms with Gasteiger partial charge in [-0.15, -0.1) is 0 Å². The third-order valence-electron chi connectivity index (χ3n) is 4.61. The Morgan fingerprint density at radius 1 is 1.11 bits per heavy atom. The quantitative estimate of drug-likeness (QED) is 0.822. The van der Waals surface area contributed by atoms with E-state index in [1.807, 2.05) is 7.05 Å². The van der Waals surface area contributed by atoms with Crippen molar-refractivity contribution in [1.29, 1.82) is 0 Å². The Morgan fingerprint density at radius 3 is 2.37 bits per heavy atom. The van der Waals surface area contributed by atoms with Gasteiger partial charge in [0.2, 0.25) is 0 Å². The molecule has 1 saturated heterocycles. The number of carbonyl (C=O) groups excluding carboxylic acids is 2. The SMILES string of the molecule is CNCC1CCN(C(=O)c2nccnc2C(=O)Nc2ccc(Cl)cc2)CC1. The van der Waals surface area contributed by atoms with Gasteiger partial charge in [0.05, 0.1) is 0 Å². The summed E-state index contributed by atoms with van der Waals surface area (Å²) in [6.07, 6.45) is 4.70. The molecule has 0 saturated carbocycles. The molecule has 1 aliphatic heterocycles. The van der Waals surface area contributed by atoms with E-state index in [4.69, 9.17) is 11.6 Å². The van der Waals surface area contributed by atoms with Crippen LogP contribution in [0.4, 0.5) is 5.69 Å². The Hall–Kier alpha value is -2.51. The molecule has 0 radical (unpaired) electrons. The van der Waals surface area contributed by atoms with Crippen LogP contribution in [-0.2, 0) is 0 Å². The number of nitrogens with one attached hydrogen (secondary N) is 2. The van der Waals surface area contributed by atoms with Gasteiger partial charge < -0.3 is 15.5 Å². The number of halogens is 1. The molecular weight excluding hydrogens is 366 g/mol. The Balaban J connectivity index is 1.72. The lowest BCUT2D eigenvalue weighted by Crippen LogP contribution is -2.41. The Bertz CT molecular complexity index is 804. The maximum atomic E-state index is 12.9. The second-order valence-electron chi connectivity index (χ2n) is 6.51. The zero-order valence-electron chi connectivity index (χ0n) is 15.1. The minimum Gasteiger partial charge on any atom is -0.337 e. The fraction of sp³-hybridized carbons (Fsp3) is 0.368. The topological polar surface area (TPSA) is 87.2 Å². The Kier molecular flexibility index (Phi) is 6.36. The van der Waals surface area contributed by atoms with Gasteiger partial charge in [-0.25, -0.2) is 9.97 Å². The average molecular weight is 388 g/mol. The number of piperidine rings is 1. The summed E-state index contributed by atoms with van der Waals surface area (Å²) in [4.78, 5) is 35.5. The highest BCUT2D eigenvalue weighted by molar-refractivity contribution is 6.30. The second kappa shape index (κ2) is 8.92. The van der Waals surface area contributed by atoms with E-state index in [0.717, 1.165) is 19.4 Å². The predicted octanol–water partition coefficient (Wildman–Crippen LogP) is 2.45. The minimum absolute atomic E-state index is 0.0230. The highest BCUT2D eigenvalue weighted by Gasteiger charge is 2.28. The van der Waals surface area contributed by atoms with E-state index in [9.17, 15) is 9.59 Å². The molecule has 1 aliphatic rings. The van der Waals surface area contributed by atoms with E-state index in [2.05, 4.69) is 20.6 Å². The fourth-order valence-corrected chi connectivity index (χ4v) is 3.29. The smallest absolute Gasteiger partial charge is 0.276 e. The number of amides is 2. The Morgan fingerprint density at radius 2 is 1.74 bits per heavy atom. The first kappa shape index (κ1) is 19.3. The van der Waals surface area contributed by atoms with Crippen molar-refractivity contribution in [3.05, 3.63) is 53.1 Å². The highest BCUT2D eigenvalue weighted by Crippen LogP contribution is 2.19. The first-order chi connectivity index (χ1) is 13.1. The van der Waals surface area contributed by atoms with Crippen molar-refractivity contribution in [3.8, 4) is 0 Å². The third-order valence-corrected chi connectivity index (χ3v) is 4.86. The number of anilines is 1. The van der Waals surface area contributed by atoms with Gasteiger partial charge in [-0.1, -0.05) is 11.6 Å². The number of benzene rings is 1. The molecule has 3 rings (SSSR count). The predicted molar refractivity (Wildman–Crippen MR) is 104 cm³/mol. The Labute approximate surface area is 163 Å². The molecule has 1 aromatic carbocycles. The third kappa shape index (κ3) is 4.81. The average Bonchev–Trinajstić information content (AvgIpc) is 2.70. The lowest BCUT2D eigenvalue weighted by atomic mass is 9.96. The van der Waals surface area contributed by atoms with Gasteiger partial charge in [0, 0.05) is 36.2 Å². The molecule has 2 N–H and O–H groups in total. The van der Waals surface area contributed by atoms with Crippen molar-refractivity contribution < 1.29 is 9.59 Å². The molecule has 0 bridgehead atoms. The molecule has 0 spiro atoms. The van der Waals surface area contributed by atoms with Crippen LogP contribution in [0.5, 0.6) is 0 Å². The summed E-state index contributed by atoms with van der Waals surface area (Å²) in [5, 5.41) is 6.48. The molecule has 8 heteroatoms. The standard InChI is InChI=1S/C19H22ClN5O2/c1-21-12-13-6-10-25(11-7-13)19(27)17-16(22-8-9-23-17)18(26)24-15-4-2-14(20)3-5-15/h2-5,8-9,13,21H,6-7,10-12H2,1H3,(H,24,26). The van der Waals surface area contributed by atoms with Crippen LogP contribution in [0.2, 0.25) is 5.02 Å². The first-order valence-electron chi connectivity index (χ1n) is 8.90. The number of carbonyl (C=O) groups is 2. The molecule has 2 heterocycles. The molecule has 7 nitrogen and oxygen atoms in total. The van der Waals surface area contributed by atoms with Gasteiger partial charge >= 0.3 is 0 Å². The number of likely N-dealkylation sites (tertiary alicyclic amines) is 1. The summed E-state index contributed by atoms with van der Waals surface area (Å²) >= 11 is 5.86. The highest BCUT2D eigenvalue weighted by atomic mass is 35.5. The van der Waals surface area contributed by atoms with E-state index in [1.165, 1.54) is 12.4 Å². The molecule has 1 aromatic heterocycles. The largest absolute Gasteiger partial charge is 0.337 e. The number of hydrogen-bond donors (Lipinski definition) is 2.